The van der Waals surface area contributed by atoms with Crippen molar-refractivity contribution in [2.24, 2.45) is 0 Å². The summed E-state index contributed by atoms with van der Waals surface area (Å²) in [4.78, 5) is 26.3. The van der Waals surface area contributed by atoms with Gasteiger partial charge in [-0.25, -0.2) is 0 Å². The third-order valence-electron chi connectivity index (χ3n) is 6.28. The summed E-state index contributed by atoms with van der Waals surface area (Å²) in [6.45, 7) is 0. The number of benzene rings is 4. The molecule has 0 aromatic heterocycles. The molecule has 0 radical (unpaired) electrons. The Morgan fingerprint density at radius 3 is 1.94 bits per heavy atom. The highest BCUT2D eigenvalue weighted by molar-refractivity contribution is 6.30. The largest absolute Gasteiger partial charge is 0.342 e. The molecule has 182 valence electrons. The summed E-state index contributed by atoms with van der Waals surface area (Å²) in [5, 5.41) is 3.64. The van der Waals surface area contributed by atoms with Gasteiger partial charge in [0.15, 0.2) is 5.78 Å². The SMILES string of the molecule is O=C(N[C@@H](Cc1ccc(Cl)cc1)C(=O)CCCCc1ccccc1)c1ccc(-c2ccccc2)cc1. The molecule has 4 heteroatoms. The molecular weight excluding hydrogens is 466 g/mol. The van der Waals surface area contributed by atoms with Crippen molar-refractivity contribution in [2.45, 2.75) is 38.1 Å². The number of nitrogens with one attached hydrogen (secondary N) is 1. The van der Waals surface area contributed by atoms with Crippen LogP contribution in [0.2, 0.25) is 5.02 Å². The summed E-state index contributed by atoms with van der Waals surface area (Å²) in [7, 11) is 0. The number of unbranched alkanes of at least 4 members (excludes halogenated alkanes) is 1. The third-order valence-corrected chi connectivity index (χ3v) is 6.53. The highest BCUT2D eigenvalue weighted by Gasteiger charge is 2.21. The second-order valence-corrected chi connectivity index (χ2v) is 9.40. The number of ketones is 1. The molecule has 0 bridgehead atoms. The van der Waals surface area contributed by atoms with Gasteiger partial charge in [-0.3, -0.25) is 9.59 Å². The molecule has 0 aliphatic rings. The molecule has 0 aliphatic heterocycles. The molecule has 0 heterocycles. The van der Waals surface area contributed by atoms with Gasteiger partial charge in [-0.05, 0) is 72.2 Å². The molecule has 3 nitrogen and oxygen atoms in total. The summed E-state index contributed by atoms with van der Waals surface area (Å²) < 4.78 is 0. The molecule has 1 atom stereocenters. The fraction of sp³-hybridized carbons (Fsp3) is 0.188. The lowest BCUT2D eigenvalue weighted by atomic mass is 9.97. The van der Waals surface area contributed by atoms with E-state index in [9.17, 15) is 9.59 Å². The number of halogens is 1. The Labute approximate surface area is 218 Å². The van der Waals surface area contributed by atoms with E-state index in [4.69, 9.17) is 11.6 Å². The highest BCUT2D eigenvalue weighted by Crippen LogP contribution is 2.20. The van der Waals surface area contributed by atoms with Crippen LogP contribution in [0.3, 0.4) is 0 Å². The Kier molecular flexibility index (Phi) is 9.07. The topological polar surface area (TPSA) is 46.2 Å². The lowest BCUT2D eigenvalue weighted by Crippen LogP contribution is -2.42. The van der Waals surface area contributed by atoms with Crippen molar-refractivity contribution in [3.63, 3.8) is 0 Å². The zero-order chi connectivity index (χ0) is 25.2. The minimum absolute atomic E-state index is 0.0484. The van der Waals surface area contributed by atoms with Crippen LogP contribution in [0.1, 0.15) is 40.7 Å². The molecule has 0 aliphatic carbocycles. The molecule has 0 saturated carbocycles. The Morgan fingerprint density at radius 2 is 1.28 bits per heavy atom. The van der Waals surface area contributed by atoms with Gasteiger partial charge in [0, 0.05) is 17.0 Å². The van der Waals surface area contributed by atoms with Gasteiger partial charge in [-0.1, -0.05) is 96.5 Å². The Bertz CT molecular complexity index is 1250. The van der Waals surface area contributed by atoms with Crippen molar-refractivity contribution in [1.82, 2.24) is 5.32 Å². The van der Waals surface area contributed by atoms with Gasteiger partial charge in [-0.2, -0.15) is 0 Å². The van der Waals surface area contributed by atoms with Crippen LogP contribution < -0.4 is 5.32 Å². The lowest BCUT2D eigenvalue weighted by molar-refractivity contribution is -0.121. The molecule has 0 unspecified atom stereocenters. The minimum Gasteiger partial charge on any atom is -0.342 e. The van der Waals surface area contributed by atoms with Gasteiger partial charge >= 0.3 is 0 Å². The van der Waals surface area contributed by atoms with Crippen molar-refractivity contribution >= 4 is 23.3 Å². The molecule has 1 N–H and O–H groups in total. The van der Waals surface area contributed by atoms with Crippen molar-refractivity contribution in [3.8, 4) is 11.1 Å². The Balaban J connectivity index is 1.40. The minimum atomic E-state index is -0.593. The number of Topliss-reactive ketones (excluding diaryl/α,β-unsaturated/α-hetero) is 1. The van der Waals surface area contributed by atoms with Crippen molar-refractivity contribution < 1.29 is 9.59 Å². The van der Waals surface area contributed by atoms with Gasteiger partial charge < -0.3 is 5.32 Å². The van der Waals surface area contributed by atoms with Crippen molar-refractivity contribution in [1.29, 1.82) is 0 Å². The monoisotopic (exact) mass is 495 g/mol. The maximum Gasteiger partial charge on any atom is 0.251 e. The molecule has 4 rings (SSSR count). The smallest absolute Gasteiger partial charge is 0.251 e. The first-order chi connectivity index (χ1) is 17.6. The number of carbonyl (C=O) groups is 2. The first kappa shape index (κ1) is 25.4. The maximum absolute atomic E-state index is 13.2. The Hall–Kier alpha value is -3.69. The first-order valence-electron chi connectivity index (χ1n) is 12.4. The second kappa shape index (κ2) is 12.9. The fourth-order valence-electron chi connectivity index (χ4n) is 4.24. The van der Waals surface area contributed by atoms with Crippen LogP contribution in [0.4, 0.5) is 0 Å². The van der Waals surface area contributed by atoms with E-state index in [0.717, 1.165) is 36.0 Å². The standard InChI is InChI=1S/C32H30ClNO2/c33-29-21-15-25(16-22-29)23-30(31(35)14-8-7-11-24-9-3-1-4-10-24)34-32(36)28-19-17-27(18-20-28)26-12-5-2-6-13-26/h1-6,9-10,12-13,15-22,30H,7-8,11,14,23H2,(H,34,36)/t30-/m0/s1. The zero-order valence-corrected chi connectivity index (χ0v) is 21.0. The summed E-state index contributed by atoms with van der Waals surface area (Å²) >= 11 is 6.03. The van der Waals surface area contributed by atoms with Crippen LogP contribution in [-0.4, -0.2) is 17.7 Å². The Morgan fingerprint density at radius 1 is 0.667 bits per heavy atom. The summed E-state index contributed by atoms with van der Waals surface area (Å²) in [5.41, 5.74) is 4.90. The number of aryl methyl sites for hydroxylation is 1. The van der Waals surface area contributed by atoms with Crippen LogP contribution in [-0.2, 0) is 17.6 Å². The van der Waals surface area contributed by atoms with Crippen molar-refractivity contribution in [3.05, 3.63) is 131 Å². The predicted octanol–water partition coefficient (Wildman–Crippen LogP) is 7.33. The van der Waals surface area contributed by atoms with Crippen molar-refractivity contribution in [2.75, 3.05) is 0 Å². The highest BCUT2D eigenvalue weighted by atomic mass is 35.5. The van der Waals surface area contributed by atoms with E-state index in [1.54, 1.807) is 12.1 Å². The molecule has 0 fully saturated rings. The number of hydrogen-bond acceptors (Lipinski definition) is 2. The average molecular weight is 496 g/mol. The molecule has 0 spiro atoms. The predicted molar refractivity (Wildman–Crippen MR) is 147 cm³/mol. The first-order valence-corrected chi connectivity index (χ1v) is 12.7. The lowest BCUT2D eigenvalue weighted by Gasteiger charge is -2.18. The van der Waals surface area contributed by atoms with Gasteiger partial charge in [0.05, 0.1) is 6.04 Å². The number of carbonyl (C=O) groups excluding carboxylic acids is 2. The number of amides is 1. The van der Waals surface area contributed by atoms with Crippen LogP contribution in [0.5, 0.6) is 0 Å². The average Bonchev–Trinajstić information content (AvgIpc) is 2.93. The number of rotatable bonds is 11. The van der Waals surface area contributed by atoms with E-state index in [1.807, 2.05) is 84.9 Å². The van der Waals surface area contributed by atoms with Gasteiger partial charge in [0.2, 0.25) is 0 Å². The van der Waals surface area contributed by atoms with E-state index >= 15 is 0 Å². The van der Waals surface area contributed by atoms with Gasteiger partial charge in [0.1, 0.15) is 0 Å². The zero-order valence-electron chi connectivity index (χ0n) is 20.2. The van der Waals surface area contributed by atoms with Crippen LogP contribution in [0.15, 0.2) is 109 Å². The van der Waals surface area contributed by atoms with Crippen LogP contribution in [0.25, 0.3) is 11.1 Å². The van der Waals surface area contributed by atoms with Gasteiger partial charge in [0.25, 0.3) is 5.91 Å². The third kappa shape index (κ3) is 7.40. The van der Waals surface area contributed by atoms with E-state index in [2.05, 4.69) is 17.4 Å². The molecule has 4 aromatic rings. The summed E-state index contributed by atoms with van der Waals surface area (Å²) in [5.74, 6) is -0.196. The second-order valence-electron chi connectivity index (χ2n) is 8.96. The molecule has 0 saturated heterocycles. The normalized spacial score (nSPS) is 11.6. The fourth-order valence-corrected chi connectivity index (χ4v) is 4.36. The maximum atomic E-state index is 13.2. The van der Waals surface area contributed by atoms with Crippen LogP contribution >= 0.6 is 11.6 Å². The van der Waals surface area contributed by atoms with E-state index in [-0.39, 0.29) is 11.7 Å². The van der Waals surface area contributed by atoms with Crippen LogP contribution in [0, 0.1) is 0 Å². The summed E-state index contributed by atoms with van der Waals surface area (Å²) in [6, 6.07) is 34.6. The molecular formula is C32H30ClNO2. The molecule has 1 amide bonds. The molecule has 36 heavy (non-hydrogen) atoms. The number of hydrogen-bond donors (Lipinski definition) is 1. The quantitative estimate of drug-likeness (QED) is 0.221. The van der Waals surface area contributed by atoms with Gasteiger partial charge in [-0.15, -0.1) is 0 Å². The van der Waals surface area contributed by atoms with E-state index in [0.29, 0.717) is 23.4 Å². The van der Waals surface area contributed by atoms with E-state index < -0.39 is 6.04 Å². The van der Waals surface area contributed by atoms with E-state index in [1.165, 1.54) is 5.56 Å². The molecule has 4 aromatic carbocycles. The summed E-state index contributed by atoms with van der Waals surface area (Å²) in [6.07, 6.45) is 3.52.